The second-order valence-electron chi connectivity index (χ2n) is 8.09. The Morgan fingerprint density at radius 1 is 1.33 bits per heavy atom. The minimum absolute atomic E-state index is 0.0515. The van der Waals surface area contributed by atoms with E-state index in [4.69, 9.17) is 4.74 Å². The predicted molar refractivity (Wildman–Crippen MR) is 106 cm³/mol. The summed E-state index contributed by atoms with van der Waals surface area (Å²) in [5.41, 5.74) is 3.03. The van der Waals surface area contributed by atoms with Gasteiger partial charge in [0.15, 0.2) is 17.1 Å². The van der Waals surface area contributed by atoms with Gasteiger partial charge in [-0.25, -0.2) is 9.79 Å². The van der Waals surface area contributed by atoms with E-state index in [1.807, 2.05) is 25.7 Å². The van der Waals surface area contributed by atoms with E-state index in [1.54, 1.807) is 11.7 Å². The lowest BCUT2D eigenvalue weighted by Gasteiger charge is -2.30. The van der Waals surface area contributed by atoms with Gasteiger partial charge in [-0.05, 0) is 56.9 Å². The summed E-state index contributed by atoms with van der Waals surface area (Å²) >= 11 is -0.960. The number of carbonyl (C=O) groups excluding carboxylic acids is 1. The van der Waals surface area contributed by atoms with Gasteiger partial charge in [-0.3, -0.25) is 4.90 Å². The van der Waals surface area contributed by atoms with Gasteiger partial charge in [0.1, 0.15) is 12.3 Å². The molecule has 1 aromatic rings. The lowest BCUT2D eigenvalue weighted by atomic mass is 10.1. The van der Waals surface area contributed by atoms with Crippen LogP contribution in [0.3, 0.4) is 0 Å². The maximum Gasteiger partial charge on any atom is 0.407 e. The van der Waals surface area contributed by atoms with E-state index < -0.39 is 16.8 Å². The van der Waals surface area contributed by atoms with Crippen molar-refractivity contribution in [1.82, 2.24) is 10.2 Å². The van der Waals surface area contributed by atoms with Crippen LogP contribution >= 0.6 is 0 Å². The van der Waals surface area contributed by atoms with Gasteiger partial charge in [-0.1, -0.05) is 6.07 Å². The monoisotopic (exact) mass is 388 g/mol. The van der Waals surface area contributed by atoms with Crippen LogP contribution in [0.2, 0.25) is 0 Å². The summed E-state index contributed by atoms with van der Waals surface area (Å²) in [5.74, 6) is 1.28. The van der Waals surface area contributed by atoms with E-state index in [0.29, 0.717) is 12.5 Å². The first-order valence-electron chi connectivity index (χ1n) is 9.03. The Morgan fingerprint density at radius 2 is 2.11 bits per heavy atom. The molecule has 1 aromatic carbocycles. The molecule has 2 unspecified atom stereocenters. The molecule has 0 bridgehead atoms. The third-order valence-corrected chi connectivity index (χ3v) is 5.71. The minimum atomic E-state index is -0.960. The maximum atomic E-state index is 12.0. The lowest BCUT2D eigenvalue weighted by Crippen LogP contribution is -2.39. The van der Waals surface area contributed by atoms with Crippen molar-refractivity contribution in [3.63, 3.8) is 0 Å². The number of nitrogens with one attached hydrogen (secondary N) is 1. The van der Waals surface area contributed by atoms with Crippen LogP contribution < -0.4 is 10.2 Å². The zero-order chi connectivity index (χ0) is 19.2. The lowest BCUT2D eigenvalue weighted by molar-refractivity contribution is 0.0506. The van der Waals surface area contributed by atoms with Crippen molar-refractivity contribution < 1.29 is 14.1 Å². The summed E-state index contributed by atoms with van der Waals surface area (Å²) in [4.78, 5) is 20.5. The van der Waals surface area contributed by atoms with Crippen LogP contribution in [0.25, 0.3) is 0 Å². The first-order valence-corrected chi connectivity index (χ1v) is 10.4. The van der Waals surface area contributed by atoms with Gasteiger partial charge in [0.25, 0.3) is 0 Å². The van der Waals surface area contributed by atoms with Crippen LogP contribution in [0.5, 0.6) is 0 Å². The Bertz CT molecular complexity index is 818. The zero-order valence-corrected chi connectivity index (χ0v) is 16.6. The Hall–Kier alpha value is -2.19. The highest BCUT2D eigenvalue weighted by Crippen LogP contribution is 2.30. The van der Waals surface area contributed by atoms with Gasteiger partial charge in [0, 0.05) is 22.9 Å². The van der Waals surface area contributed by atoms with E-state index in [-0.39, 0.29) is 12.1 Å². The highest BCUT2D eigenvalue weighted by molar-refractivity contribution is 7.94. The number of alkyl carbamates (subject to hydrolysis) is 1. The van der Waals surface area contributed by atoms with Crippen molar-refractivity contribution >= 4 is 29.3 Å². The fraction of sp³-hybridized carbons (Fsp3) is 0.474. The van der Waals surface area contributed by atoms with Crippen molar-refractivity contribution in [3.05, 3.63) is 40.6 Å². The fourth-order valence-corrected chi connectivity index (χ4v) is 4.57. The molecule has 0 fully saturated rings. The molecule has 0 spiro atoms. The number of anilines is 1. The van der Waals surface area contributed by atoms with Gasteiger partial charge >= 0.3 is 6.09 Å². The SMILES string of the molecule is CC(C)(C)OC(=O)NC1Cc2ccc(N3C=NC4=C[S+]([O-])CN4C3)cc2C1. The van der Waals surface area contributed by atoms with E-state index >= 15 is 0 Å². The summed E-state index contributed by atoms with van der Waals surface area (Å²) in [6.07, 6.45) is 3.01. The van der Waals surface area contributed by atoms with Crippen LogP contribution in [0.4, 0.5) is 10.5 Å². The number of fused-ring (bicyclic) bond motifs is 2. The predicted octanol–water partition coefficient (Wildman–Crippen LogP) is 2.31. The molecule has 2 aliphatic heterocycles. The molecule has 7 nitrogen and oxygen atoms in total. The third kappa shape index (κ3) is 4.06. The summed E-state index contributed by atoms with van der Waals surface area (Å²) < 4.78 is 17.0. The number of rotatable bonds is 2. The van der Waals surface area contributed by atoms with E-state index in [1.165, 1.54) is 11.1 Å². The molecule has 0 radical (unpaired) electrons. The van der Waals surface area contributed by atoms with Gasteiger partial charge in [-0.15, -0.1) is 0 Å². The quantitative estimate of drug-likeness (QED) is 0.787. The van der Waals surface area contributed by atoms with Crippen molar-refractivity contribution in [1.29, 1.82) is 0 Å². The summed E-state index contributed by atoms with van der Waals surface area (Å²) in [6, 6.07) is 6.39. The molecule has 0 saturated heterocycles. The molecule has 1 amide bonds. The number of aliphatic imine (C=N–C) groups is 1. The van der Waals surface area contributed by atoms with Crippen LogP contribution in [0, 0.1) is 0 Å². The molecule has 1 N–H and O–H groups in total. The minimum Gasteiger partial charge on any atom is -0.610 e. The van der Waals surface area contributed by atoms with Gasteiger partial charge in [0.05, 0.1) is 6.34 Å². The first-order chi connectivity index (χ1) is 12.8. The molecule has 144 valence electrons. The van der Waals surface area contributed by atoms with Crippen LogP contribution in [0.1, 0.15) is 31.9 Å². The zero-order valence-electron chi connectivity index (χ0n) is 15.8. The Labute approximate surface area is 162 Å². The number of ether oxygens (including phenoxy) is 1. The largest absolute Gasteiger partial charge is 0.610 e. The highest BCUT2D eigenvalue weighted by atomic mass is 32.2. The Kier molecular flexibility index (Phi) is 4.55. The van der Waals surface area contributed by atoms with E-state index in [2.05, 4.69) is 33.4 Å². The van der Waals surface area contributed by atoms with Gasteiger partial charge in [0.2, 0.25) is 0 Å². The molecule has 1 aliphatic carbocycles. The van der Waals surface area contributed by atoms with Crippen LogP contribution in [0.15, 0.2) is 34.4 Å². The maximum absolute atomic E-state index is 12.0. The molecular formula is C19H24N4O3S. The van der Waals surface area contributed by atoms with Crippen molar-refractivity contribution in [3.8, 4) is 0 Å². The number of amides is 1. The fourth-order valence-electron chi connectivity index (χ4n) is 3.53. The standard InChI is InChI=1S/C19H24N4O3S/c1-19(2,3)26-18(24)21-15-6-13-4-5-16(8-14(13)7-15)22-10-20-17-9-27(25)12-23(17)11-22/h4-5,8-10,15H,6-7,11-12H2,1-3H3,(H,21,24). The summed E-state index contributed by atoms with van der Waals surface area (Å²) in [5, 5.41) is 4.66. The van der Waals surface area contributed by atoms with Crippen molar-refractivity contribution in [2.75, 3.05) is 17.4 Å². The molecular weight excluding hydrogens is 364 g/mol. The molecule has 2 atom stereocenters. The number of nitrogens with zero attached hydrogens (tertiary/aromatic N) is 3. The molecule has 4 rings (SSSR count). The molecule has 0 saturated carbocycles. The molecule has 3 aliphatic rings. The Morgan fingerprint density at radius 3 is 2.89 bits per heavy atom. The molecule has 2 heterocycles. The number of hydrogen-bond donors (Lipinski definition) is 1. The molecule has 0 aromatic heterocycles. The normalized spacial score (nSPS) is 23.8. The molecule has 8 heteroatoms. The number of carbonyl (C=O) groups is 1. The number of hydrogen-bond acceptors (Lipinski definition) is 6. The third-order valence-electron chi connectivity index (χ3n) is 4.67. The second-order valence-corrected chi connectivity index (χ2v) is 9.34. The number of benzene rings is 1. The smallest absolute Gasteiger partial charge is 0.407 e. The average molecular weight is 388 g/mol. The van der Waals surface area contributed by atoms with Crippen LogP contribution in [-0.4, -0.2) is 46.1 Å². The summed E-state index contributed by atoms with van der Waals surface area (Å²) in [7, 11) is 0. The molecule has 27 heavy (non-hydrogen) atoms. The van der Waals surface area contributed by atoms with Crippen LogP contribution in [-0.2, 0) is 28.8 Å². The van der Waals surface area contributed by atoms with E-state index in [9.17, 15) is 9.35 Å². The first kappa shape index (κ1) is 18.2. The van der Waals surface area contributed by atoms with Gasteiger partial charge in [-0.2, -0.15) is 0 Å². The summed E-state index contributed by atoms with van der Waals surface area (Å²) in [6.45, 7) is 6.22. The Balaban J connectivity index is 1.41. The van der Waals surface area contributed by atoms with E-state index in [0.717, 1.165) is 24.4 Å². The highest BCUT2D eigenvalue weighted by Gasteiger charge is 2.30. The topological polar surface area (TPSA) is 80.2 Å². The van der Waals surface area contributed by atoms with Crippen molar-refractivity contribution in [2.24, 2.45) is 4.99 Å². The van der Waals surface area contributed by atoms with Crippen molar-refractivity contribution in [2.45, 2.75) is 45.3 Å². The average Bonchev–Trinajstić information content (AvgIpc) is 3.12. The second kappa shape index (κ2) is 6.76. The van der Waals surface area contributed by atoms with Gasteiger partial charge < -0.3 is 19.5 Å².